The van der Waals surface area contributed by atoms with Gasteiger partial charge in [-0.05, 0) is 59.7 Å². The van der Waals surface area contributed by atoms with Crippen LogP contribution in [0.15, 0.2) is 30.5 Å². The number of phenols is 1. The van der Waals surface area contributed by atoms with Crippen LogP contribution in [0.4, 0.5) is 14.6 Å². The number of halogens is 2. The third kappa shape index (κ3) is 3.42. The molecule has 1 aliphatic heterocycles. The van der Waals surface area contributed by atoms with Crippen LogP contribution in [0.25, 0.3) is 32.9 Å². The zero-order valence-electron chi connectivity index (χ0n) is 20.5. The highest BCUT2D eigenvalue weighted by atomic mass is 19.1. The lowest BCUT2D eigenvalue weighted by molar-refractivity contribution is 0.146. The Morgan fingerprint density at radius 1 is 1.14 bits per heavy atom. The van der Waals surface area contributed by atoms with Crippen LogP contribution in [0.2, 0.25) is 0 Å². The standard InChI is InChI=1S/C28H28F2N4O2/c1-4-17-20(29)6-5-15-9-16(35)10-18(23(15)17)25-24(30)26-19(11-31-25)28(33-27(32-26)13(2)3)34-12-14-7-21(34)22(36)8-14/h5-6,9-11,13-14,21-22,35-36H,4,7-8,12H2,1-3H3/t14-,21+,22-/m0/s1. The average molecular weight is 491 g/mol. The number of hydrogen-bond donors (Lipinski definition) is 2. The summed E-state index contributed by atoms with van der Waals surface area (Å²) in [4.78, 5) is 15.9. The van der Waals surface area contributed by atoms with Crippen LogP contribution in [-0.4, -0.2) is 43.9 Å². The van der Waals surface area contributed by atoms with Crippen molar-refractivity contribution in [1.29, 1.82) is 0 Å². The zero-order chi connectivity index (χ0) is 25.3. The summed E-state index contributed by atoms with van der Waals surface area (Å²) in [5.74, 6) is 0.363. The molecule has 36 heavy (non-hydrogen) atoms. The molecule has 3 heterocycles. The Labute approximate surface area is 207 Å². The number of piperidine rings is 1. The van der Waals surface area contributed by atoms with E-state index in [2.05, 4.69) is 14.9 Å². The maximum Gasteiger partial charge on any atom is 0.175 e. The summed E-state index contributed by atoms with van der Waals surface area (Å²) in [6.07, 6.45) is 3.19. The van der Waals surface area contributed by atoms with Gasteiger partial charge in [0, 0.05) is 24.2 Å². The Morgan fingerprint density at radius 3 is 2.64 bits per heavy atom. The van der Waals surface area contributed by atoms with Crippen molar-refractivity contribution in [3.63, 3.8) is 0 Å². The summed E-state index contributed by atoms with van der Waals surface area (Å²) in [5.41, 5.74) is 0.905. The quantitative estimate of drug-likeness (QED) is 0.395. The summed E-state index contributed by atoms with van der Waals surface area (Å²) in [6.45, 7) is 6.50. The van der Waals surface area contributed by atoms with Crippen LogP contribution < -0.4 is 4.90 Å². The number of aromatic nitrogens is 3. The van der Waals surface area contributed by atoms with Crippen molar-refractivity contribution in [3.8, 4) is 17.0 Å². The van der Waals surface area contributed by atoms with Crippen LogP contribution in [0.3, 0.4) is 0 Å². The van der Waals surface area contributed by atoms with E-state index in [1.807, 2.05) is 20.8 Å². The fraction of sp³-hybridized carbons (Fsp3) is 0.393. The Balaban J connectivity index is 1.62. The predicted octanol–water partition coefficient (Wildman–Crippen LogP) is 5.47. The van der Waals surface area contributed by atoms with Crippen LogP contribution in [-0.2, 0) is 6.42 Å². The number of fused-ring (bicyclic) bond motifs is 4. The fourth-order valence-electron chi connectivity index (χ4n) is 5.99. The summed E-state index contributed by atoms with van der Waals surface area (Å²) in [6, 6.07) is 5.86. The molecule has 2 aromatic carbocycles. The van der Waals surface area contributed by atoms with E-state index in [0.29, 0.717) is 51.3 Å². The van der Waals surface area contributed by atoms with Crippen molar-refractivity contribution < 1.29 is 19.0 Å². The molecule has 6 rings (SSSR count). The number of nitrogens with zero attached hydrogens (tertiary/aromatic N) is 4. The minimum Gasteiger partial charge on any atom is -0.508 e. The summed E-state index contributed by atoms with van der Waals surface area (Å²) >= 11 is 0. The number of hydrogen-bond acceptors (Lipinski definition) is 6. The van der Waals surface area contributed by atoms with Gasteiger partial charge in [0.1, 0.15) is 34.4 Å². The third-order valence-electron chi connectivity index (χ3n) is 7.68. The monoisotopic (exact) mass is 490 g/mol. The fourth-order valence-corrected chi connectivity index (χ4v) is 5.99. The van der Waals surface area contributed by atoms with E-state index in [1.165, 1.54) is 12.1 Å². The van der Waals surface area contributed by atoms with Gasteiger partial charge < -0.3 is 15.1 Å². The van der Waals surface area contributed by atoms with E-state index in [4.69, 9.17) is 4.98 Å². The molecular formula is C28H28F2N4O2. The van der Waals surface area contributed by atoms with Crippen molar-refractivity contribution in [2.24, 2.45) is 5.92 Å². The topological polar surface area (TPSA) is 82.4 Å². The summed E-state index contributed by atoms with van der Waals surface area (Å²) < 4.78 is 31.0. The molecule has 2 N–H and O–H groups in total. The molecule has 1 saturated heterocycles. The molecule has 1 saturated carbocycles. The van der Waals surface area contributed by atoms with Gasteiger partial charge in [-0.25, -0.2) is 18.7 Å². The molecule has 8 heteroatoms. The van der Waals surface area contributed by atoms with Gasteiger partial charge in [0.25, 0.3) is 0 Å². The molecule has 4 aromatic rings. The minimum absolute atomic E-state index is 0.00559. The average Bonchev–Trinajstić information content (AvgIpc) is 3.43. The van der Waals surface area contributed by atoms with Crippen LogP contribution >= 0.6 is 0 Å². The highest BCUT2D eigenvalue weighted by molar-refractivity contribution is 6.01. The highest BCUT2D eigenvalue weighted by Gasteiger charge is 2.45. The lowest BCUT2D eigenvalue weighted by atomic mass is 9.94. The van der Waals surface area contributed by atoms with Gasteiger partial charge in [-0.3, -0.25) is 4.98 Å². The number of aryl methyl sites for hydroxylation is 1. The number of benzene rings is 2. The van der Waals surface area contributed by atoms with Crippen LogP contribution in [0.1, 0.15) is 50.9 Å². The first-order valence-corrected chi connectivity index (χ1v) is 12.5. The summed E-state index contributed by atoms with van der Waals surface area (Å²) in [7, 11) is 0. The molecule has 6 nitrogen and oxygen atoms in total. The SMILES string of the molecule is CCc1c(F)ccc2cc(O)cc(-c3ncc4c(N5C[C@H]6C[C@@H]5[C@@H](O)C6)nc(C(C)C)nc4c3F)c12. The molecule has 0 spiro atoms. The summed E-state index contributed by atoms with van der Waals surface area (Å²) in [5, 5.41) is 22.5. The zero-order valence-corrected chi connectivity index (χ0v) is 20.5. The Morgan fingerprint density at radius 2 is 1.94 bits per heavy atom. The second-order valence-corrected chi connectivity index (χ2v) is 10.3. The molecule has 3 atom stereocenters. The number of aromatic hydroxyl groups is 1. The maximum absolute atomic E-state index is 16.3. The van der Waals surface area contributed by atoms with Gasteiger partial charge >= 0.3 is 0 Å². The van der Waals surface area contributed by atoms with Gasteiger partial charge in [0.15, 0.2) is 5.82 Å². The van der Waals surface area contributed by atoms with Gasteiger partial charge in [0.2, 0.25) is 0 Å². The van der Waals surface area contributed by atoms with E-state index in [0.717, 1.165) is 19.4 Å². The number of rotatable bonds is 4. The number of aliphatic hydroxyl groups is 1. The normalized spacial score (nSPS) is 21.4. The molecule has 2 aromatic heterocycles. The van der Waals surface area contributed by atoms with E-state index in [-0.39, 0.29) is 34.7 Å². The lowest BCUT2D eigenvalue weighted by Gasteiger charge is -2.32. The molecule has 2 aliphatic rings. The Hall–Kier alpha value is -3.39. The second-order valence-electron chi connectivity index (χ2n) is 10.3. The van der Waals surface area contributed by atoms with E-state index >= 15 is 4.39 Å². The predicted molar refractivity (Wildman–Crippen MR) is 135 cm³/mol. The first-order valence-electron chi connectivity index (χ1n) is 12.5. The number of pyridine rings is 1. The Kier molecular flexibility index (Phi) is 5.33. The first kappa shape index (κ1) is 23.0. The Bertz CT molecular complexity index is 1520. The molecule has 0 radical (unpaired) electrons. The van der Waals surface area contributed by atoms with Gasteiger partial charge in [-0.1, -0.05) is 26.8 Å². The third-order valence-corrected chi connectivity index (χ3v) is 7.68. The molecule has 2 bridgehead atoms. The van der Waals surface area contributed by atoms with Crippen molar-refractivity contribution in [2.45, 2.75) is 58.1 Å². The van der Waals surface area contributed by atoms with E-state index < -0.39 is 11.9 Å². The van der Waals surface area contributed by atoms with Crippen molar-refractivity contribution in [2.75, 3.05) is 11.4 Å². The van der Waals surface area contributed by atoms with Gasteiger partial charge in [0.05, 0.1) is 17.5 Å². The molecular weight excluding hydrogens is 462 g/mol. The number of phenolic OH excluding ortho intramolecular Hbond substituents is 1. The molecule has 0 unspecified atom stereocenters. The number of aliphatic hydroxyl groups excluding tert-OH is 1. The lowest BCUT2D eigenvalue weighted by Crippen LogP contribution is -2.41. The largest absolute Gasteiger partial charge is 0.508 e. The van der Waals surface area contributed by atoms with Crippen LogP contribution in [0, 0.1) is 17.6 Å². The number of anilines is 1. The van der Waals surface area contributed by atoms with Crippen molar-refractivity contribution >= 4 is 27.5 Å². The molecule has 0 amide bonds. The second kappa shape index (κ2) is 8.34. The van der Waals surface area contributed by atoms with E-state index in [9.17, 15) is 14.6 Å². The van der Waals surface area contributed by atoms with Gasteiger partial charge in [-0.15, -0.1) is 0 Å². The smallest absolute Gasteiger partial charge is 0.175 e. The minimum atomic E-state index is -0.638. The maximum atomic E-state index is 16.3. The first-order chi connectivity index (χ1) is 17.3. The van der Waals surface area contributed by atoms with Crippen molar-refractivity contribution in [1.82, 2.24) is 15.0 Å². The molecule has 2 fully saturated rings. The van der Waals surface area contributed by atoms with E-state index in [1.54, 1.807) is 18.3 Å². The van der Waals surface area contributed by atoms with Crippen LogP contribution in [0.5, 0.6) is 5.75 Å². The molecule has 186 valence electrons. The highest BCUT2D eigenvalue weighted by Crippen LogP contribution is 2.43. The van der Waals surface area contributed by atoms with Crippen molar-refractivity contribution in [3.05, 3.63) is 53.5 Å². The van der Waals surface area contributed by atoms with Gasteiger partial charge in [-0.2, -0.15) is 0 Å². The molecule has 1 aliphatic carbocycles.